The summed E-state index contributed by atoms with van der Waals surface area (Å²) in [5.41, 5.74) is 0. The fourth-order valence-corrected chi connectivity index (χ4v) is 1.90. The van der Waals surface area contributed by atoms with E-state index >= 15 is 0 Å². The lowest BCUT2D eigenvalue weighted by Gasteiger charge is -2.15. The molecule has 0 aromatic carbocycles. The maximum Gasteiger partial charge on any atom is 0.223 e. The lowest BCUT2D eigenvalue weighted by Crippen LogP contribution is -2.31. The average Bonchev–Trinajstić information content (AvgIpc) is 2.33. The monoisotopic (exact) mass is 263 g/mol. The number of halogens is 1. The average molecular weight is 264 g/mol. The van der Waals surface area contributed by atoms with Gasteiger partial charge in [-0.1, -0.05) is 26.7 Å². The van der Waals surface area contributed by atoms with Crippen LogP contribution in [0.5, 0.6) is 0 Å². The van der Waals surface area contributed by atoms with Gasteiger partial charge in [-0.15, -0.1) is 11.6 Å². The summed E-state index contributed by atoms with van der Waals surface area (Å²) in [7, 11) is 0. The zero-order valence-corrected chi connectivity index (χ0v) is 11.9. The van der Waals surface area contributed by atoms with Gasteiger partial charge in [0.15, 0.2) is 0 Å². The highest BCUT2D eigenvalue weighted by atomic mass is 35.5. The molecule has 0 aromatic rings. The smallest absolute Gasteiger partial charge is 0.223 e. The Morgan fingerprint density at radius 3 is 2.41 bits per heavy atom. The number of hydrogen-bond acceptors (Lipinski definition) is 2. The number of rotatable bonds is 11. The van der Waals surface area contributed by atoms with Crippen molar-refractivity contribution in [3.05, 3.63) is 0 Å². The van der Waals surface area contributed by atoms with Crippen LogP contribution < -0.4 is 5.32 Å². The molecule has 1 amide bonds. The van der Waals surface area contributed by atoms with Gasteiger partial charge in [0.2, 0.25) is 5.91 Å². The van der Waals surface area contributed by atoms with E-state index in [4.69, 9.17) is 16.3 Å². The van der Waals surface area contributed by atoms with E-state index in [1.165, 1.54) is 0 Å². The van der Waals surface area contributed by atoms with Gasteiger partial charge in [0.1, 0.15) is 0 Å². The van der Waals surface area contributed by atoms with E-state index in [1.54, 1.807) is 0 Å². The molecule has 0 saturated carbocycles. The number of alkyl halides is 1. The SMILES string of the molecule is CCCC(CCC)C(=O)NCCCOCCCl. The quantitative estimate of drug-likeness (QED) is 0.460. The van der Waals surface area contributed by atoms with Crippen molar-refractivity contribution >= 4 is 17.5 Å². The zero-order chi connectivity index (χ0) is 12.9. The molecule has 0 spiro atoms. The Bertz CT molecular complexity index is 182. The molecule has 102 valence electrons. The molecule has 0 atom stereocenters. The highest BCUT2D eigenvalue weighted by Gasteiger charge is 2.15. The number of carbonyl (C=O) groups is 1. The van der Waals surface area contributed by atoms with Gasteiger partial charge < -0.3 is 10.1 Å². The first-order valence-corrected chi connectivity index (χ1v) is 7.21. The normalized spacial score (nSPS) is 10.8. The lowest BCUT2D eigenvalue weighted by atomic mass is 9.97. The Labute approximate surface area is 110 Å². The number of hydrogen-bond donors (Lipinski definition) is 1. The van der Waals surface area contributed by atoms with Gasteiger partial charge in [0, 0.05) is 24.9 Å². The minimum atomic E-state index is 0.189. The summed E-state index contributed by atoms with van der Waals surface area (Å²) in [6.45, 7) is 6.19. The lowest BCUT2D eigenvalue weighted by molar-refractivity contribution is -0.125. The van der Waals surface area contributed by atoms with Gasteiger partial charge in [-0.05, 0) is 19.3 Å². The highest BCUT2D eigenvalue weighted by Crippen LogP contribution is 2.13. The third-order valence-corrected chi connectivity index (χ3v) is 2.79. The van der Waals surface area contributed by atoms with Gasteiger partial charge in [-0.25, -0.2) is 0 Å². The third-order valence-electron chi connectivity index (χ3n) is 2.63. The molecule has 0 aliphatic carbocycles. The minimum absolute atomic E-state index is 0.189. The summed E-state index contributed by atoms with van der Waals surface area (Å²) in [6, 6.07) is 0. The van der Waals surface area contributed by atoms with Crippen molar-refractivity contribution < 1.29 is 9.53 Å². The van der Waals surface area contributed by atoms with E-state index in [1.807, 2.05) is 0 Å². The van der Waals surface area contributed by atoms with Crippen LogP contribution in [0.1, 0.15) is 46.0 Å². The Morgan fingerprint density at radius 2 is 1.88 bits per heavy atom. The molecule has 0 rings (SSSR count). The number of nitrogens with one attached hydrogen (secondary N) is 1. The Hall–Kier alpha value is -0.280. The molecule has 0 aromatic heterocycles. The van der Waals surface area contributed by atoms with Crippen LogP contribution in [0.25, 0.3) is 0 Å². The van der Waals surface area contributed by atoms with Crippen molar-refractivity contribution in [1.82, 2.24) is 5.32 Å². The van der Waals surface area contributed by atoms with Crippen molar-refractivity contribution in [2.24, 2.45) is 5.92 Å². The van der Waals surface area contributed by atoms with Gasteiger partial charge in [-0.2, -0.15) is 0 Å². The molecular formula is C13H26ClNO2. The van der Waals surface area contributed by atoms with Gasteiger partial charge in [-0.3, -0.25) is 4.79 Å². The van der Waals surface area contributed by atoms with Crippen molar-refractivity contribution in [3.63, 3.8) is 0 Å². The molecule has 0 aliphatic heterocycles. The molecule has 0 radical (unpaired) electrons. The van der Waals surface area contributed by atoms with E-state index in [-0.39, 0.29) is 11.8 Å². The summed E-state index contributed by atoms with van der Waals surface area (Å²) in [5.74, 6) is 0.918. The summed E-state index contributed by atoms with van der Waals surface area (Å²) >= 11 is 5.48. The number of amides is 1. The second-order valence-corrected chi connectivity index (χ2v) is 4.60. The Kier molecular flexibility index (Phi) is 12.0. The van der Waals surface area contributed by atoms with Crippen LogP contribution in [0.4, 0.5) is 0 Å². The van der Waals surface area contributed by atoms with E-state index in [0.717, 1.165) is 32.1 Å². The van der Waals surface area contributed by atoms with Gasteiger partial charge >= 0.3 is 0 Å². The van der Waals surface area contributed by atoms with Crippen molar-refractivity contribution in [2.75, 3.05) is 25.6 Å². The first kappa shape index (κ1) is 16.7. The minimum Gasteiger partial charge on any atom is -0.380 e. The number of carbonyl (C=O) groups excluding carboxylic acids is 1. The maximum atomic E-state index is 11.8. The van der Waals surface area contributed by atoms with Crippen LogP contribution in [0.2, 0.25) is 0 Å². The molecule has 3 nitrogen and oxygen atoms in total. The first-order chi connectivity index (χ1) is 8.26. The van der Waals surface area contributed by atoms with Gasteiger partial charge in [0.25, 0.3) is 0 Å². The summed E-state index contributed by atoms with van der Waals surface area (Å²) in [5, 5.41) is 2.98. The van der Waals surface area contributed by atoms with E-state index < -0.39 is 0 Å². The van der Waals surface area contributed by atoms with Crippen LogP contribution >= 0.6 is 11.6 Å². The summed E-state index contributed by atoms with van der Waals surface area (Å²) in [6.07, 6.45) is 4.96. The van der Waals surface area contributed by atoms with E-state index in [2.05, 4.69) is 19.2 Å². The highest BCUT2D eigenvalue weighted by molar-refractivity contribution is 6.17. The predicted molar refractivity (Wildman–Crippen MR) is 72.5 cm³/mol. The molecule has 0 unspecified atom stereocenters. The zero-order valence-electron chi connectivity index (χ0n) is 11.1. The molecule has 0 bridgehead atoms. The summed E-state index contributed by atoms with van der Waals surface area (Å²) in [4.78, 5) is 11.8. The maximum absolute atomic E-state index is 11.8. The predicted octanol–water partition coefficient (Wildman–Crippen LogP) is 2.96. The fraction of sp³-hybridized carbons (Fsp3) is 0.923. The topological polar surface area (TPSA) is 38.3 Å². The third kappa shape index (κ3) is 9.42. The molecule has 4 heteroatoms. The van der Waals surface area contributed by atoms with Crippen molar-refractivity contribution in [1.29, 1.82) is 0 Å². The second kappa shape index (κ2) is 12.2. The molecular weight excluding hydrogens is 238 g/mol. The molecule has 0 aliphatic rings. The van der Waals surface area contributed by atoms with E-state index in [0.29, 0.717) is 25.6 Å². The van der Waals surface area contributed by atoms with Crippen LogP contribution in [0, 0.1) is 5.92 Å². The first-order valence-electron chi connectivity index (χ1n) is 6.67. The Morgan fingerprint density at radius 1 is 1.24 bits per heavy atom. The van der Waals surface area contributed by atoms with Crippen LogP contribution in [0.3, 0.4) is 0 Å². The van der Waals surface area contributed by atoms with E-state index in [9.17, 15) is 4.79 Å². The van der Waals surface area contributed by atoms with Crippen LogP contribution in [0.15, 0.2) is 0 Å². The number of ether oxygens (including phenoxy) is 1. The van der Waals surface area contributed by atoms with Crippen molar-refractivity contribution in [2.45, 2.75) is 46.0 Å². The molecule has 1 N–H and O–H groups in total. The molecule has 17 heavy (non-hydrogen) atoms. The molecule has 0 heterocycles. The Balaban J connectivity index is 3.59. The summed E-state index contributed by atoms with van der Waals surface area (Å²) < 4.78 is 5.24. The van der Waals surface area contributed by atoms with Crippen LogP contribution in [-0.2, 0) is 9.53 Å². The standard InChI is InChI=1S/C13H26ClNO2/c1-3-6-12(7-4-2)13(16)15-9-5-10-17-11-8-14/h12H,3-11H2,1-2H3,(H,15,16). The van der Waals surface area contributed by atoms with Gasteiger partial charge in [0.05, 0.1) is 6.61 Å². The molecule has 0 saturated heterocycles. The molecule has 0 fully saturated rings. The second-order valence-electron chi connectivity index (χ2n) is 4.22. The van der Waals surface area contributed by atoms with Crippen LogP contribution in [-0.4, -0.2) is 31.5 Å². The van der Waals surface area contributed by atoms with Crippen molar-refractivity contribution in [3.8, 4) is 0 Å². The largest absolute Gasteiger partial charge is 0.380 e. The fourth-order valence-electron chi connectivity index (χ4n) is 1.79.